The Bertz CT molecular complexity index is 248. The molecule has 1 aliphatic rings. The topological polar surface area (TPSA) is 101 Å². The molecule has 0 spiro atoms. The lowest BCUT2D eigenvalue weighted by Crippen LogP contribution is -2.68. The monoisotopic (exact) mass is 200 g/mol. The molecule has 0 aromatic carbocycles. The molecular weight excluding hydrogens is 184 g/mol. The fraction of sp³-hybridized carbons (Fsp3) is 0.750. The third-order valence-corrected chi connectivity index (χ3v) is 2.41. The van der Waals surface area contributed by atoms with E-state index in [1.807, 2.05) is 17.1 Å². The summed E-state index contributed by atoms with van der Waals surface area (Å²) in [6.07, 6.45) is 0.890. The molecule has 1 saturated heterocycles. The molecule has 0 aromatic rings. The van der Waals surface area contributed by atoms with E-state index in [-0.39, 0.29) is 18.0 Å². The number of urea groups is 1. The van der Waals surface area contributed by atoms with Gasteiger partial charge in [0.05, 0.1) is 6.54 Å². The number of rotatable bonds is 3. The lowest BCUT2D eigenvalue weighted by Gasteiger charge is -2.47. The van der Waals surface area contributed by atoms with Crippen LogP contribution in [0.4, 0.5) is 4.79 Å². The molecule has 1 rings (SSSR count). The molecule has 1 fully saturated rings. The van der Waals surface area contributed by atoms with Gasteiger partial charge in [0.15, 0.2) is 0 Å². The highest BCUT2D eigenvalue weighted by Gasteiger charge is 2.38. The van der Waals surface area contributed by atoms with E-state index in [0.29, 0.717) is 13.1 Å². The van der Waals surface area contributed by atoms with Crippen molar-refractivity contribution < 1.29 is 9.59 Å². The molecule has 0 aromatic heterocycles. The maximum atomic E-state index is 11.1. The Morgan fingerprint density at radius 2 is 2.07 bits per heavy atom. The maximum Gasteiger partial charge on any atom is 0.318 e. The number of carbonyl (C=O) groups is 2. The first-order valence-corrected chi connectivity index (χ1v) is 4.56. The van der Waals surface area contributed by atoms with E-state index in [1.165, 1.54) is 0 Å². The number of nitrogens with two attached hydrogens (primary N) is 2. The Morgan fingerprint density at radius 3 is 2.50 bits per heavy atom. The van der Waals surface area contributed by atoms with E-state index >= 15 is 0 Å². The number of imide groups is 1. The molecule has 0 aliphatic carbocycles. The molecule has 14 heavy (non-hydrogen) atoms. The second-order valence-electron chi connectivity index (χ2n) is 3.77. The number of likely N-dealkylation sites (tertiary alicyclic amines) is 1. The third-order valence-electron chi connectivity index (χ3n) is 2.41. The molecule has 6 nitrogen and oxygen atoms in total. The summed E-state index contributed by atoms with van der Waals surface area (Å²) in [4.78, 5) is 23.3. The molecule has 6 heteroatoms. The van der Waals surface area contributed by atoms with E-state index in [4.69, 9.17) is 11.5 Å². The minimum atomic E-state index is -0.815. The van der Waals surface area contributed by atoms with Crippen molar-refractivity contribution in [1.82, 2.24) is 10.2 Å². The van der Waals surface area contributed by atoms with Gasteiger partial charge in [0.25, 0.3) is 0 Å². The number of carbonyl (C=O) groups excluding carboxylic acids is 2. The number of hydrogen-bond donors (Lipinski definition) is 3. The zero-order valence-corrected chi connectivity index (χ0v) is 8.25. The van der Waals surface area contributed by atoms with Crippen LogP contribution in [0.25, 0.3) is 0 Å². The lowest BCUT2D eigenvalue weighted by molar-refractivity contribution is -0.123. The van der Waals surface area contributed by atoms with E-state index in [9.17, 15) is 9.59 Å². The molecule has 1 aliphatic heterocycles. The minimum absolute atomic E-state index is 0.160. The zero-order valence-electron chi connectivity index (χ0n) is 8.25. The highest BCUT2D eigenvalue weighted by atomic mass is 16.2. The normalized spacial score (nSPS) is 19.9. The van der Waals surface area contributed by atoms with Crippen molar-refractivity contribution in [1.29, 1.82) is 0 Å². The van der Waals surface area contributed by atoms with Gasteiger partial charge in [-0.1, -0.05) is 6.92 Å². The number of primary amides is 1. The van der Waals surface area contributed by atoms with E-state index in [2.05, 4.69) is 0 Å². The molecule has 0 bridgehead atoms. The molecule has 0 atom stereocenters. The molecule has 0 unspecified atom stereocenters. The fourth-order valence-corrected chi connectivity index (χ4v) is 1.56. The summed E-state index contributed by atoms with van der Waals surface area (Å²) < 4.78 is 0. The Morgan fingerprint density at radius 1 is 1.50 bits per heavy atom. The smallest absolute Gasteiger partial charge is 0.318 e. The van der Waals surface area contributed by atoms with Gasteiger partial charge in [-0.2, -0.15) is 0 Å². The summed E-state index contributed by atoms with van der Waals surface area (Å²) in [6, 6.07) is -0.815. The molecule has 0 radical (unpaired) electrons. The van der Waals surface area contributed by atoms with Crippen LogP contribution in [0.5, 0.6) is 0 Å². The summed E-state index contributed by atoms with van der Waals surface area (Å²) in [7, 11) is 0. The van der Waals surface area contributed by atoms with E-state index in [1.54, 1.807) is 0 Å². The van der Waals surface area contributed by atoms with Crippen LogP contribution in [0, 0.1) is 0 Å². The number of nitrogens with zero attached hydrogens (tertiary/aromatic N) is 1. The van der Waals surface area contributed by atoms with Crippen molar-refractivity contribution in [2.45, 2.75) is 18.9 Å². The largest absolute Gasteiger partial charge is 0.351 e. The summed E-state index contributed by atoms with van der Waals surface area (Å²) in [5.41, 5.74) is 10.5. The van der Waals surface area contributed by atoms with Gasteiger partial charge in [0, 0.05) is 18.6 Å². The predicted octanol–water partition coefficient (Wildman–Crippen LogP) is -1.40. The Balaban J connectivity index is 2.23. The number of hydrogen-bond acceptors (Lipinski definition) is 4. The summed E-state index contributed by atoms with van der Waals surface area (Å²) >= 11 is 0. The molecule has 1 heterocycles. The van der Waals surface area contributed by atoms with Crippen LogP contribution < -0.4 is 16.8 Å². The first-order chi connectivity index (χ1) is 6.45. The SMILES string of the molecule is CCC1(N)CN(CC(=O)NC(N)=O)C1. The molecular formula is C8H16N4O2. The first kappa shape index (κ1) is 10.9. The minimum Gasteiger partial charge on any atom is -0.351 e. The average Bonchev–Trinajstić information content (AvgIpc) is 1.99. The first-order valence-electron chi connectivity index (χ1n) is 4.56. The zero-order chi connectivity index (χ0) is 10.8. The summed E-state index contributed by atoms with van der Waals surface area (Å²) in [6.45, 7) is 3.58. The van der Waals surface area contributed by atoms with Gasteiger partial charge in [-0.05, 0) is 6.42 Å². The summed E-state index contributed by atoms with van der Waals surface area (Å²) in [5.74, 6) is -0.379. The molecule has 5 N–H and O–H groups in total. The second kappa shape index (κ2) is 3.93. The van der Waals surface area contributed by atoms with Crippen molar-refractivity contribution in [3.05, 3.63) is 0 Å². The van der Waals surface area contributed by atoms with E-state index in [0.717, 1.165) is 6.42 Å². The molecule has 0 saturated carbocycles. The van der Waals surface area contributed by atoms with Crippen LogP contribution >= 0.6 is 0 Å². The lowest BCUT2D eigenvalue weighted by atomic mass is 9.88. The quantitative estimate of drug-likeness (QED) is 0.521. The number of amides is 3. The summed E-state index contributed by atoms with van der Waals surface area (Å²) in [5, 5.41) is 2.00. The van der Waals surface area contributed by atoms with Gasteiger partial charge < -0.3 is 11.5 Å². The maximum absolute atomic E-state index is 11.1. The van der Waals surface area contributed by atoms with Gasteiger partial charge in [-0.15, -0.1) is 0 Å². The van der Waals surface area contributed by atoms with Gasteiger partial charge in [-0.25, -0.2) is 4.79 Å². The molecule has 3 amide bonds. The van der Waals surface area contributed by atoms with Crippen molar-refractivity contribution >= 4 is 11.9 Å². The second-order valence-corrected chi connectivity index (χ2v) is 3.77. The fourth-order valence-electron chi connectivity index (χ4n) is 1.56. The Hall–Kier alpha value is -1.14. The van der Waals surface area contributed by atoms with Crippen molar-refractivity contribution in [2.24, 2.45) is 11.5 Å². The van der Waals surface area contributed by atoms with Crippen LogP contribution in [-0.4, -0.2) is 42.0 Å². The van der Waals surface area contributed by atoms with Gasteiger partial charge >= 0.3 is 6.03 Å². The standard InChI is InChI=1S/C8H16N4O2/c1-2-8(10)4-12(5-8)3-6(13)11-7(9)14/h2-5,10H2,1H3,(H3,9,11,13,14). The highest BCUT2D eigenvalue weighted by Crippen LogP contribution is 2.20. The highest BCUT2D eigenvalue weighted by molar-refractivity contribution is 5.94. The molecule has 80 valence electrons. The number of nitrogens with one attached hydrogen (secondary N) is 1. The predicted molar refractivity (Wildman–Crippen MR) is 51.4 cm³/mol. The van der Waals surface area contributed by atoms with Crippen LogP contribution in [0.15, 0.2) is 0 Å². The van der Waals surface area contributed by atoms with E-state index < -0.39 is 6.03 Å². The van der Waals surface area contributed by atoms with Crippen molar-refractivity contribution in [3.8, 4) is 0 Å². The van der Waals surface area contributed by atoms with Crippen LogP contribution in [0.1, 0.15) is 13.3 Å². The Kier molecular flexibility index (Phi) is 3.07. The van der Waals surface area contributed by atoms with Crippen LogP contribution in [-0.2, 0) is 4.79 Å². The Labute approximate surface area is 82.6 Å². The van der Waals surface area contributed by atoms with Gasteiger partial charge in [0.1, 0.15) is 0 Å². The van der Waals surface area contributed by atoms with Crippen LogP contribution in [0.3, 0.4) is 0 Å². The van der Waals surface area contributed by atoms with Crippen molar-refractivity contribution in [2.75, 3.05) is 19.6 Å². The third kappa shape index (κ3) is 2.68. The van der Waals surface area contributed by atoms with Crippen LogP contribution in [0.2, 0.25) is 0 Å². The van der Waals surface area contributed by atoms with Gasteiger partial charge in [0.2, 0.25) is 5.91 Å². The van der Waals surface area contributed by atoms with Gasteiger partial charge in [-0.3, -0.25) is 15.0 Å². The van der Waals surface area contributed by atoms with Crippen molar-refractivity contribution in [3.63, 3.8) is 0 Å². The average molecular weight is 200 g/mol.